The van der Waals surface area contributed by atoms with Crippen molar-refractivity contribution < 1.29 is 4.79 Å². The van der Waals surface area contributed by atoms with Gasteiger partial charge < -0.3 is 4.90 Å². The summed E-state index contributed by atoms with van der Waals surface area (Å²) in [7, 11) is 3.63. The van der Waals surface area contributed by atoms with E-state index in [-0.39, 0.29) is 17.9 Å². The molecule has 0 aliphatic carbocycles. The fourth-order valence-corrected chi connectivity index (χ4v) is 2.66. The summed E-state index contributed by atoms with van der Waals surface area (Å²) in [4.78, 5) is 14.4. The largest absolute Gasteiger partial charge is 0.312 e. The standard InChI is InChI=1S/C15H19N5O/c1-19-10-12(8-17-19)20(2)15(21)13-9-16-18-14(13)11-6-4-3-5-7-11/h3-8,10,13-14,16,18H,9H2,1-2H3. The fourth-order valence-electron chi connectivity index (χ4n) is 2.66. The first-order chi connectivity index (χ1) is 10.2. The lowest BCUT2D eigenvalue weighted by molar-refractivity contribution is -0.122. The molecule has 0 saturated carbocycles. The van der Waals surface area contributed by atoms with E-state index in [1.54, 1.807) is 22.8 Å². The topological polar surface area (TPSA) is 62.2 Å². The van der Waals surface area contributed by atoms with Crippen LogP contribution in [0.15, 0.2) is 42.7 Å². The maximum atomic E-state index is 12.7. The molecule has 2 aromatic rings. The van der Waals surface area contributed by atoms with Gasteiger partial charge in [0.15, 0.2) is 0 Å². The number of aryl methyl sites for hydroxylation is 1. The van der Waals surface area contributed by atoms with Gasteiger partial charge in [0, 0.05) is 26.8 Å². The van der Waals surface area contributed by atoms with Crippen LogP contribution in [0.3, 0.4) is 0 Å². The third-order valence-electron chi connectivity index (χ3n) is 3.87. The summed E-state index contributed by atoms with van der Waals surface area (Å²) in [6.45, 7) is 0.614. The summed E-state index contributed by atoms with van der Waals surface area (Å²) in [5, 5.41) is 4.12. The molecule has 0 bridgehead atoms. The smallest absolute Gasteiger partial charge is 0.233 e. The van der Waals surface area contributed by atoms with Crippen molar-refractivity contribution in [3.8, 4) is 0 Å². The number of benzene rings is 1. The van der Waals surface area contributed by atoms with Crippen molar-refractivity contribution in [2.24, 2.45) is 13.0 Å². The Hall–Kier alpha value is -2.18. The third-order valence-corrected chi connectivity index (χ3v) is 3.87. The van der Waals surface area contributed by atoms with E-state index in [4.69, 9.17) is 0 Å². The predicted octanol–water partition coefficient (Wildman–Crippen LogP) is 0.848. The number of amides is 1. The molecule has 2 heterocycles. The Kier molecular flexibility index (Phi) is 3.72. The van der Waals surface area contributed by atoms with Gasteiger partial charge in [-0.1, -0.05) is 30.3 Å². The molecule has 3 rings (SSSR count). The van der Waals surface area contributed by atoms with Gasteiger partial charge in [0.2, 0.25) is 5.91 Å². The molecule has 1 saturated heterocycles. The van der Waals surface area contributed by atoms with E-state index in [9.17, 15) is 4.79 Å². The zero-order valence-electron chi connectivity index (χ0n) is 12.2. The minimum absolute atomic E-state index is 0.0159. The van der Waals surface area contributed by atoms with Gasteiger partial charge >= 0.3 is 0 Å². The molecule has 1 aromatic heterocycles. The number of nitrogens with one attached hydrogen (secondary N) is 2. The average molecular weight is 285 g/mol. The highest BCUT2D eigenvalue weighted by atomic mass is 16.2. The number of carbonyl (C=O) groups excluding carboxylic acids is 1. The van der Waals surface area contributed by atoms with E-state index in [1.807, 2.05) is 43.6 Å². The van der Waals surface area contributed by atoms with E-state index in [0.29, 0.717) is 6.54 Å². The monoisotopic (exact) mass is 285 g/mol. The second-order valence-electron chi connectivity index (χ2n) is 5.29. The molecular formula is C15H19N5O. The van der Waals surface area contributed by atoms with E-state index >= 15 is 0 Å². The number of nitrogens with zero attached hydrogens (tertiary/aromatic N) is 3. The summed E-state index contributed by atoms with van der Waals surface area (Å²) in [6, 6.07) is 10.0. The number of hydrazine groups is 1. The zero-order valence-corrected chi connectivity index (χ0v) is 12.2. The van der Waals surface area contributed by atoms with Crippen LogP contribution in [-0.4, -0.2) is 29.3 Å². The van der Waals surface area contributed by atoms with E-state index in [1.165, 1.54) is 0 Å². The van der Waals surface area contributed by atoms with E-state index in [0.717, 1.165) is 11.3 Å². The molecule has 1 amide bonds. The highest BCUT2D eigenvalue weighted by Crippen LogP contribution is 2.27. The van der Waals surface area contributed by atoms with Crippen molar-refractivity contribution in [2.75, 3.05) is 18.5 Å². The van der Waals surface area contributed by atoms with Crippen LogP contribution in [0.5, 0.6) is 0 Å². The molecule has 2 N–H and O–H groups in total. The predicted molar refractivity (Wildman–Crippen MR) is 80.4 cm³/mol. The SMILES string of the molecule is CN(C(=O)C1CNNC1c1ccccc1)c1cnn(C)c1. The Morgan fingerprint density at radius 2 is 2.14 bits per heavy atom. The van der Waals surface area contributed by atoms with Gasteiger partial charge in [0.05, 0.1) is 23.8 Å². The first kappa shape index (κ1) is 13.8. The average Bonchev–Trinajstić information content (AvgIpc) is 3.15. The lowest BCUT2D eigenvalue weighted by Gasteiger charge is -2.23. The summed E-state index contributed by atoms with van der Waals surface area (Å²) >= 11 is 0. The van der Waals surface area contributed by atoms with Crippen LogP contribution < -0.4 is 15.8 Å². The molecule has 110 valence electrons. The number of carbonyl (C=O) groups is 1. The number of hydrogen-bond donors (Lipinski definition) is 2. The molecule has 6 nitrogen and oxygen atoms in total. The van der Waals surface area contributed by atoms with Crippen molar-refractivity contribution in [3.63, 3.8) is 0 Å². The first-order valence-corrected chi connectivity index (χ1v) is 6.96. The van der Waals surface area contributed by atoms with E-state index < -0.39 is 0 Å². The number of aromatic nitrogens is 2. The van der Waals surface area contributed by atoms with Crippen LogP contribution >= 0.6 is 0 Å². The normalized spacial score (nSPS) is 21.4. The Labute approximate surface area is 123 Å². The quantitative estimate of drug-likeness (QED) is 0.877. The number of anilines is 1. The Morgan fingerprint density at radius 3 is 2.81 bits per heavy atom. The van der Waals surface area contributed by atoms with Gasteiger partial charge in [-0.3, -0.25) is 14.9 Å². The number of hydrogen-bond acceptors (Lipinski definition) is 4. The third kappa shape index (κ3) is 2.68. The van der Waals surface area contributed by atoms with Gasteiger partial charge in [-0.05, 0) is 5.56 Å². The lowest BCUT2D eigenvalue weighted by Crippen LogP contribution is -2.36. The lowest BCUT2D eigenvalue weighted by atomic mass is 9.94. The van der Waals surface area contributed by atoms with Gasteiger partial charge in [-0.25, -0.2) is 5.43 Å². The Morgan fingerprint density at radius 1 is 1.38 bits per heavy atom. The molecule has 0 radical (unpaired) electrons. The molecule has 21 heavy (non-hydrogen) atoms. The summed E-state index contributed by atoms with van der Waals surface area (Å²) in [5.41, 5.74) is 8.21. The second kappa shape index (κ2) is 5.67. The molecule has 1 fully saturated rings. The molecule has 0 spiro atoms. The van der Waals surface area contributed by atoms with Crippen LogP contribution in [0.1, 0.15) is 11.6 Å². The van der Waals surface area contributed by atoms with Crippen molar-refractivity contribution in [3.05, 3.63) is 48.3 Å². The zero-order chi connectivity index (χ0) is 14.8. The van der Waals surface area contributed by atoms with E-state index in [2.05, 4.69) is 16.0 Å². The highest BCUT2D eigenvalue weighted by molar-refractivity contribution is 5.95. The Balaban J connectivity index is 1.80. The van der Waals surface area contributed by atoms with Crippen LogP contribution in [-0.2, 0) is 11.8 Å². The van der Waals surface area contributed by atoms with Crippen molar-refractivity contribution in [1.82, 2.24) is 20.6 Å². The van der Waals surface area contributed by atoms with Crippen LogP contribution in [0.2, 0.25) is 0 Å². The van der Waals surface area contributed by atoms with Crippen molar-refractivity contribution >= 4 is 11.6 Å². The van der Waals surface area contributed by atoms with Crippen LogP contribution in [0.25, 0.3) is 0 Å². The minimum Gasteiger partial charge on any atom is -0.312 e. The van der Waals surface area contributed by atoms with Gasteiger partial charge in [0.1, 0.15) is 0 Å². The molecule has 1 aliphatic rings. The first-order valence-electron chi connectivity index (χ1n) is 6.96. The second-order valence-corrected chi connectivity index (χ2v) is 5.29. The van der Waals surface area contributed by atoms with Gasteiger partial charge in [-0.2, -0.15) is 5.10 Å². The maximum absolute atomic E-state index is 12.7. The highest BCUT2D eigenvalue weighted by Gasteiger charge is 2.36. The summed E-state index contributed by atoms with van der Waals surface area (Å²) < 4.78 is 1.69. The molecule has 1 aromatic carbocycles. The van der Waals surface area contributed by atoms with Gasteiger partial charge in [-0.15, -0.1) is 0 Å². The fraction of sp³-hybridized carbons (Fsp3) is 0.333. The molecule has 1 aliphatic heterocycles. The Bertz CT molecular complexity index is 624. The van der Waals surface area contributed by atoms with Gasteiger partial charge in [0.25, 0.3) is 0 Å². The molecule has 2 unspecified atom stereocenters. The number of rotatable bonds is 3. The summed E-state index contributed by atoms with van der Waals surface area (Å²) in [5.74, 6) is -0.0630. The minimum atomic E-state index is -0.141. The van der Waals surface area contributed by atoms with Crippen LogP contribution in [0.4, 0.5) is 5.69 Å². The van der Waals surface area contributed by atoms with Crippen molar-refractivity contribution in [1.29, 1.82) is 0 Å². The summed E-state index contributed by atoms with van der Waals surface area (Å²) in [6.07, 6.45) is 3.54. The van der Waals surface area contributed by atoms with Crippen molar-refractivity contribution in [2.45, 2.75) is 6.04 Å². The molecule has 2 atom stereocenters. The molecular weight excluding hydrogens is 266 g/mol. The molecule has 6 heteroatoms. The van der Waals surface area contributed by atoms with Crippen LogP contribution in [0, 0.1) is 5.92 Å². The maximum Gasteiger partial charge on any atom is 0.233 e.